The summed E-state index contributed by atoms with van der Waals surface area (Å²) in [5, 5.41) is 18.8. The number of hydrogen-bond donors (Lipinski definition) is 2. The Labute approximate surface area is 108 Å². The summed E-state index contributed by atoms with van der Waals surface area (Å²) in [6.45, 7) is 3.29. The van der Waals surface area contributed by atoms with E-state index in [1.807, 2.05) is 11.9 Å². The van der Waals surface area contributed by atoms with Crippen LogP contribution in [0.25, 0.3) is 0 Å². The van der Waals surface area contributed by atoms with Crippen molar-refractivity contribution in [3.8, 4) is 11.5 Å². The van der Waals surface area contributed by atoms with Gasteiger partial charge in [-0.3, -0.25) is 9.69 Å². The highest BCUT2D eigenvalue weighted by Crippen LogP contribution is 2.23. The third kappa shape index (κ3) is 4.37. The maximum absolute atomic E-state index is 11.9. The average molecular weight is 251 g/mol. The van der Waals surface area contributed by atoms with Crippen molar-refractivity contribution < 1.29 is 15.0 Å². The van der Waals surface area contributed by atoms with Crippen LogP contribution in [-0.4, -0.2) is 41.0 Å². The lowest BCUT2D eigenvalue weighted by Gasteiger charge is -2.15. The van der Waals surface area contributed by atoms with Crippen LogP contribution in [0.3, 0.4) is 0 Å². The Morgan fingerprint density at radius 2 is 2.00 bits per heavy atom. The molecule has 0 saturated carbocycles. The number of unbranched alkanes of at least 4 members (excludes halogenated alkanes) is 2. The molecule has 0 heterocycles. The Bertz CT molecular complexity index is 404. The molecule has 0 unspecified atom stereocenters. The molecule has 4 nitrogen and oxygen atoms in total. The van der Waals surface area contributed by atoms with Crippen molar-refractivity contribution in [2.45, 2.75) is 26.2 Å². The van der Waals surface area contributed by atoms with Crippen LogP contribution in [0.15, 0.2) is 18.2 Å². The molecule has 0 aromatic heterocycles. The van der Waals surface area contributed by atoms with Crippen molar-refractivity contribution in [2.24, 2.45) is 0 Å². The fourth-order valence-corrected chi connectivity index (χ4v) is 1.80. The molecular weight excluding hydrogens is 230 g/mol. The number of benzene rings is 1. The fraction of sp³-hybridized carbons (Fsp3) is 0.500. The lowest BCUT2D eigenvalue weighted by Crippen LogP contribution is -2.27. The number of phenols is 2. The predicted octanol–water partition coefficient (Wildman–Crippen LogP) is 2.40. The molecule has 0 aliphatic rings. The number of phenolic OH excluding ortho intramolecular Hbond substituents is 2. The number of aromatic hydroxyl groups is 2. The van der Waals surface area contributed by atoms with Crippen molar-refractivity contribution in [3.05, 3.63) is 23.8 Å². The molecule has 1 aromatic carbocycles. The van der Waals surface area contributed by atoms with Crippen LogP contribution in [0.1, 0.15) is 36.5 Å². The van der Waals surface area contributed by atoms with Crippen LogP contribution in [0, 0.1) is 0 Å². The molecule has 0 saturated heterocycles. The van der Waals surface area contributed by atoms with Crippen molar-refractivity contribution in [1.82, 2.24) is 4.90 Å². The van der Waals surface area contributed by atoms with E-state index in [-0.39, 0.29) is 29.4 Å². The lowest BCUT2D eigenvalue weighted by atomic mass is 10.1. The Morgan fingerprint density at radius 1 is 1.28 bits per heavy atom. The summed E-state index contributed by atoms with van der Waals surface area (Å²) in [6.07, 6.45) is 3.38. The number of carbonyl (C=O) groups is 1. The largest absolute Gasteiger partial charge is 0.508 e. The van der Waals surface area contributed by atoms with Gasteiger partial charge >= 0.3 is 0 Å². The van der Waals surface area contributed by atoms with Gasteiger partial charge in [-0.1, -0.05) is 19.8 Å². The minimum Gasteiger partial charge on any atom is -0.508 e. The first-order valence-corrected chi connectivity index (χ1v) is 6.28. The number of nitrogens with zero attached hydrogens (tertiary/aromatic N) is 1. The van der Waals surface area contributed by atoms with Crippen LogP contribution in [0.2, 0.25) is 0 Å². The van der Waals surface area contributed by atoms with E-state index >= 15 is 0 Å². The first-order chi connectivity index (χ1) is 8.54. The van der Waals surface area contributed by atoms with E-state index in [1.165, 1.54) is 18.2 Å². The van der Waals surface area contributed by atoms with Gasteiger partial charge in [0.1, 0.15) is 11.5 Å². The maximum Gasteiger partial charge on any atom is 0.180 e. The Morgan fingerprint density at radius 3 is 2.61 bits per heavy atom. The molecule has 0 radical (unpaired) electrons. The van der Waals surface area contributed by atoms with Crippen molar-refractivity contribution >= 4 is 5.78 Å². The monoisotopic (exact) mass is 251 g/mol. The number of rotatable bonds is 7. The minimum atomic E-state index is -0.165. The summed E-state index contributed by atoms with van der Waals surface area (Å²) >= 11 is 0. The predicted molar refractivity (Wildman–Crippen MR) is 71.1 cm³/mol. The van der Waals surface area contributed by atoms with E-state index < -0.39 is 0 Å². The molecule has 0 bridgehead atoms. The molecule has 0 aliphatic carbocycles. The van der Waals surface area contributed by atoms with Crippen LogP contribution in [-0.2, 0) is 0 Å². The van der Waals surface area contributed by atoms with Crippen molar-refractivity contribution in [3.63, 3.8) is 0 Å². The Kier molecular flexibility index (Phi) is 5.65. The lowest BCUT2D eigenvalue weighted by molar-refractivity contribution is 0.0943. The second kappa shape index (κ2) is 7.01. The van der Waals surface area contributed by atoms with Gasteiger partial charge in [-0.15, -0.1) is 0 Å². The summed E-state index contributed by atoms with van der Waals surface area (Å²) in [7, 11) is 1.89. The van der Waals surface area contributed by atoms with E-state index in [0.29, 0.717) is 0 Å². The quantitative estimate of drug-likeness (QED) is 0.577. The number of Topliss-reactive ketones (excluding diaryl/α,β-unsaturated/α-hetero) is 1. The average Bonchev–Trinajstić information content (AvgIpc) is 2.28. The van der Waals surface area contributed by atoms with E-state index in [0.717, 1.165) is 25.8 Å². The molecule has 1 aromatic rings. The summed E-state index contributed by atoms with van der Waals surface area (Å²) in [5.41, 5.74) is 0.259. The Hall–Kier alpha value is -1.55. The van der Waals surface area contributed by atoms with E-state index in [1.54, 1.807) is 0 Å². The number of carbonyl (C=O) groups excluding carboxylic acids is 1. The molecule has 100 valence electrons. The number of ketones is 1. The topological polar surface area (TPSA) is 60.8 Å². The van der Waals surface area contributed by atoms with Crippen LogP contribution in [0.5, 0.6) is 11.5 Å². The van der Waals surface area contributed by atoms with Gasteiger partial charge < -0.3 is 10.2 Å². The molecule has 4 heteroatoms. The van der Waals surface area contributed by atoms with Crippen LogP contribution in [0.4, 0.5) is 0 Å². The van der Waals surface area contributed by atoms with Crippen molar-refractivity contribution in [1.29, 1.82) is 0 Å². The first-order valence-electron chi connectivity index (χ1n) is 6.28. The second-order valence-corrected chi connectivity index (χ2v) is 4.57. The highest BCUT2D eigenvalue weighted by Gasteiger charge is 2.13. The van der Waals surface area contributed by atoms with E-state index in [4.69, 9.17) is 5.11 Å². The summed E-state index contributed by atoms with van der Waals surface area (Å²) in [6, 6.07) is 4.04. The summed E-state index contributed by atoms with van der Waals surface area (Å²) in [4.78, 5) is 13.9. The standard InChI is InChI=1S/C14H21NO3/c1-3-4-5-8-15(2)10-14(18)12-7-6-11(16)9-13(12)17/h6-7,9,16-17H,3-5,8,10H2,1-2H3. The van der Waals surface area contributed by atoms with Crippen LogP contribution >= 0.6 is 0 Å². The third-order valence-corrected chi connectivity index (χ3v) is 2.84. The first kappa shape index (κ1) is 14.5. The normalized spacial score (nSPS) is 10.8. The second-order valence-electron chi connectivity index (χ2n) is 4.57. The highest BCUT2D eigenvalue weighted by molar-refractivity contribution is 6.00. The molecule has 1 rings (SSSR count). The van der Waals surface area contributed by atoms with Gasteiger partial charge in [-0.05, 0) is 32.1 Å². The molecule has 0 amide bonds. The molecule has 0 spiro atoms. The third-order valence-electron chi connectivity index (χ3n) is 2.84. The molecule has 0 atom stereocenters. The SMILES string of the molecule is CCCCCN(C)CC(=O)c1ccc(O)cc1O. The summed E-state index contributed by atoms with van der Waals surface area (Å²) in [5.74, 6) is -0.339. The van der Waals surface area contributed by atoms with Gasteiger partial charge in [0.25, 0.3) is 0 Å². The number of likely N-dealkylation sites (N-methyl/N-ethyl adjacent to an activating group) is 1. The van der Waals surface area contributed by atoms with Crippen LogP contribution < -0.4 is 0 Å². The van der Waals surface area contributed by atoms with Gasteiger partial charge in [0.2, 0.25) is 0 Å². The smallest absolute Gasteiger partial charge is 0.180 e. The number of hydrogen-bond acceptors (Lipinski definition) is 4. The van der Waals surface area contributed by atoms with Crippen molar-refractivity contribution in [2.75, 3.05) is 20.1 Å². The fourth-order valence-electron chi connectivity index (χ4n) is 1.80. The highest BCUT2D eigenvalue weighted by atomic mass is 16.3. The van der Waals surface area contributed by atoms with E-state index in [9.17, 15) is 9.90 Å². The maximum atomic E-state index is 11.9. The van der Waals surface area contributed by atoms with Gasteiger partial charge in [0, 0.05) is 6.07 Å². The zero-order valence-electron chi connectivity index (χ0n) is 11.0. The molecule has 0 aliphatic heterocycles. The molecule has 18 heavy (non-hydrogen) atoms. The van der Waals surface area contributed by atoms with Gasteiger partial charge in [-0.25, -0.2) is 0 Å². The molecular formula is C14H21NO3. The summed E-state index contributed by atoms with van der Waals surface area (Å²) < 4.78 is 0. The van der Waals surface area contributed by atoms with Gasteiger partial charge in [0.15, 0.2) is 5.78 Å². The minimum absolute atomic E-state index is 0.0413. The zero-order valence-corrected chi connectivity index (χ0v) is 11.0. The zero-order chi connectivity index (χ0) is 13.5. The van der Waals surface area contributed by atoms with E-state index in [2.05, 4.69) is 6.92 Å². The van der Waals surface area contributed by atoms with Gasteiger partial charge in [-0.2, -0.15) is 0 Å². The van der Waals surface area contributed by atoms with Gasteiger partial charge in [0.05, 0.1) is 12.1 Å². The molecule has 0 fully saturated rings. The molecule has 2 N–H and O–H groups in total. The Balaban J connectivity index is 2.54.